The predicted octanol–water partition coefficient (Wildman–Crippen LogP) is 6.79. The van der Waals surface area contributed by atoms with Crippen LogP contribution in [0.25, 0.3) is 0 Å². The number of unbranched alkanes of at least 4 members (excludes halogenated alkanes) is 9. The van der Waals surface area contributed by atoms with Crippen LogP contribution in [-0.4, -0.2) is 24.3 Å². The molecule has 0 aliphatic heterocycles. The van der Waals surface area contributed by atoms with Gasteiger partial charge in [-0.05, 0) is 24.8 Å². The average molecular weight is 391 g/mol. The van der Waals surface area contributed by atoms with Crippen LogP contribution >= 0.6 is 0 Å². The Morgan fingerprint density at radius 2 is 1.32 bits per heavy atom. The maximum atomic E-state index is 12.1. The Hall–Kier alpha value is -1.35. The summed E-state index contributed by atoms with van der Waals surface area (Å²) in [6.07, 6.45) is 16.0. The summed E-state index contributed by atoms with van der Waals surface area (Å²) in [5, 5.41) is 9.99. The number of aliphatic hydroxyl groups excluding tert-OH is 1. The molecule has 0 radical (unpaired) electrons. The number of methoxy groups -OCH3 is 1. The molecule has 0 bridgehead atoms. The second kappa shape index (κ2) is 16.6. The summed E-state index contributed by atoms with van der Waals surface area (Å²) >= 11 is 0. The van der Waals surface area contributed by atoms with Crippen molar-refractivity contribution in [3.63, 3.8) is 0 Å². The molecular formula is C25H42O3. The lowest BCUT2D eigenvalue weighted by molar-refractivity contribution is -0.142. The number of aliphatic hydroxyl groups is 1. The van der Waals surface area contributed by atoms with Crippen molar-refractivity contribution in [2.24, 2.45) is 0 Å². The Bertz CT molecular complexity index is 486. The normalized spacial score (nSPS) is 13.2. The highest BCUT2D eigenvalue weighted by molar-refractivity contribution is 5.77. The molecule has 160 valence electrons. The lowest BCUT2D eigenvalue weighted by Gasteiger charge is -2.15. The van der Waals surface area contributed by atoms with E-state index in [1.165, 1.54) is 64.9 Å². The van der Waals surface area contributed by atoms with Crippen molar-refractivity contribution in [3.05, 3.63) is 35.9 Å². The van der Waals surface area contributed by atoms with E-state index in [9.17, 15) is 9.90 Å². The number of benzene rings is 1. The molecule has 3 nitrogen and oxygen atoms in total. The van der Waals surface area contributed by atoms with E-state index in [2.05, 4.69) is 6.92 Å². The highest BCUT2D eigenvalue weighted by atomic mass is 16.5. The Kier molecular flexibility index (Phi) is 14.6. The van der Waals surface area contributed by atoms with Crippen molar-refractivity contribution in [1.29, 1.82) is 0 Å². The van der Waals surface area contributed by atoms with E-state index in [0.29, 0.717) is 0 Å². The first-order valence-corrected chi connectivity index (χ1v) is 11.5. The van der Waals surface area contributed by atoms with Crippen molar-refractivity contribution in [3.8, 4) is 0 Å². The maximum Gasteiger partial charge on any atom is 0.313 e. The van der Waals surface area contributed by atoms with Crippen LogP contribution in [0.4, 0.5) is 0 Å². The lowest BCUT2D eigenvalue weighted by Crippen LogP contribution is -2.14. The van der Waals surface area contributed by atoms with Crippen molar-refractivity contribution >= 4 is 5.97 Å². The SMILES string of the molecule is CCCCCCC(O)CCCCCCCCCC(C(=O)OC)c1ccccc1. The Balaban J connectivity index is 2.04. The molecule has 28 heavy (non-hydrogen) atoms. The van der Waals surface area contributed by atoms with Crippen LogP contribution in [-0.2, 0) is 9.53 Å². The molecule has 0 saturated heterocycles. The van der Waals surface area contributed by atoms with E-state index < -0.39 is 0 Å². The summed E-state index contributed by atoms with van der Waals surface area (Å²) in [6.45, 7) is 2.22. The summed E-state index contributed by atoms with van der Waals surface area (Å²) in [4.78, 5) is 12.1. The van der Waals surface area contributed by atoms with Gasteiger partial charge in [0.25, 0.3) is 0 Å². The van der Waals surface area contributed by atoms with Crippen molar-refractivity contribution in [2.45, 2.75) is 109 Å². The number of carbonyl (C=O) groups excluding carboxylic acids is 1. The topological polar surface area (TPSA) is 46.5 Å². The van der Waals surface area contributed by atoms with Gasteiger partial charge in [-0.1, -0.05) is 108 Å². The van der Waals surface area contributed by atoms with E-state index in [4.69, 9.17) is 4.74 Å². The van der Waals surface area contributed by atoms with Gasteiger partial charge in [0.1, 0.15) is 0 Å². The van der Waals surface area contributed by atoms with E-state index in [1.54, 1.807) is 0 Å². The zero-order chi connectivity index (χ0) is 20.5. The number of hydrogen-bond donors (Lipinski definition) is 1. The fourth-order valence-electron chi connectivity index (χ4n) is 3.81. The first-order valence-electron chi connectivity index (χ1n) is 11.5. The van der Waals surface area contributed by atoms with Gasteiger partial charge in [0, 0.05) is 0 Å². The third-order valence-electron chi connectivity index (χ3n) is 5.61. The van der Waals surface area contributed by atoms with Gasteiger partial charge in [-0.25, -0.2) is 0 Å². The van der Waals surface area contributed by atoms with Crippen LogP contribution in [0.5, 0.6) is 0 Å². The minimum absolute atomic E-state index is 0.0925. The molecule has 1 aromatic carbocycles. The van der Waals surface area contributed by atoms with Crippen molar-refractivity contribution < 1.29 is 14.6 Å². The molecular weight excluding hydrogens is 348 g/mol. The third kappa shape index (κ3) is 11.5. The van der Waals surface area contributed by atoms with Gasteiger partial charge in [0.15, 0.2) is 0 Å². The Labute approximate surface area is 172 Å². The van der Waals surface area contributed by atoms with Gasteiger partial charge in [0.05, 0.1) is 19.1 Å². The van der Waals surface area contributed by atoms with Crippen LogP contribution in [0.2, 0.25) is 0 Å². The molecule has 1 rings (SSSR count). The van der Waals surface area contributed by atoms with Crippen LogP contribution in [0.1, 0.15) is 108 Å². The molecule has 0 amide bonds. The zero-order valence-electron chi connectivity index (χ0n) is 18.2. The van der Waals surface area contributed by atoms with Crippen molar-refractivity contribution in [2.75, 3.05) is 7.11 Å². The molecule has 0 aliphatic carbocycles. The maximum absolute atomic E-state index is 12.1. The van der Waals surface area contributed by atoms with Crippen LogP contribution in [0.3, 0.4) is 0 Å². The van der Waals surface area contributed by atoms with Crippen LogP contribution in [0.15, 0.2) is 30.3 Å². The van der Waals surface area contributed by atoms with Crippen LogP contribution < -0.4 is 0 Å². The molecule has 1 aromatic rings. The summed E-state index contributed by atoms with van der Waals surface area (Å²) < 4.78 is 4.99. The largest absolute Gasteiger partial charge is 0.469 e. The number of carbonyl (C=O) groups is 1. The summed E-state index contributed by atoms with van der Waals surface area (Å²) in [6, 6.07) is 9.96. The average Bonchev–Trinajstić information content (AvgIpc) is 2.72. The predicted molar refractivity (Wildman–Crippen MR) is 118 cm³/mol. The van der Waals surface area contributed by atoms with Gasteiger partial charge >= 0.3 is 5.97 Å². The minimum atomic E-state index is -0.134. The Morgan fingerprint density at radius 3 is 1.86 bits per heavy atom. The van der Waals surface area contributed by atoms with Crippen molar-refractivity contribution in [1.82, 2.24) is 0 Å². The number of hydrogen-bond acceptors (Lipinski definition) is 3. The molecule has 0 aromatic heterocycles. The van der Waals surface area contributed by atoms with E-state index >= 15 is 0 Å². The second-order valence-corrected chi connectivity index (χ2v) is 8.04. The smallest absolute Gasteiger partial charge is 0.313 e. The lowest BCUT2D eigenvalue weighted by atomic mass is 9.93. The van der Waals surface area contributed by atoms with Gasteiger partial charge in [-0.15, -0.1) is 0 Å². The quantitative estimate of drug-likeness (QED) is 0.235. The molecule has 0 aliphatic rings. The zero-order valence-corrected chi connectivity index (χ0v) is 18.2. The highest BCUT2D eigenvalue weighted by Gasteiger charge is 2.20. The first kappa shape index (κ1) is 24.7. The fourth-order valence-corrected chi connectivity index (χ4v) is 3.81. The first-order chi connectivity index (χ1) is 13.7. The molecule has 1 N–H and O–H groups in total. The highest BCUT2D eigenvalue weighted by Crippen LogP contribution is 2.24. The van der Waals surface area contributed by atoms with Gasteiger partial charge < -0.3 is 9.84 Å². The number of rotatable bonds is 17. The fraction of sp³-hybridized carbons (Fsp3) is 0.720. The standard InChI is InChI=1S/C25H42O3/c1-3-4-5-14-19-23(26)20-15-9-7-6-8-10-16-21-24(25(27)28-2)22-17-12-11-13-18-22/h11-13,17-18,23-24,26H,3-10,14-16,19-21H2,1-2H3. The summed E-state index contributed by atoms with van der Waals surface area (Å²) in [7, 11) is 1.47. The summed E-state index contributed by atoms with van der Waals surface area (Å²) in [5.41, 5.74) is 1.06. The molecule has 0 heterocycles. The second-order valence-electron chi connectivity index (χ2n) is 8.04. The monoisotopic (exact) mass is 390 g/mol. The van der Waals surface area contributed by atoms with Gasteiger partial charge in [-0.3, -0.25) is 4.79 Å². The molecule has 0 spiro atoms. The van der Waals surface area contributed by atoms with E-state index in [0.717, 1.165) is 37.7 Å². The summed E-state index contributed by atoms with van der Waals surface area (Å²) in [5.74, 6) is -0.260. The van der Waals surface area contributed by atoms with E-state index in [-0.39, 0.29) is 18.0 Å². The minimum Gasteiger partial charge on any atom is -0.469 e. The molecule has 3 heteroatoms. The third-order valence-corrected chi connectivity index (χ3v) is 5.61. The molecule has 2 unspecified atom stereocenters. The molecule has 0 fully saturated rings. The van der Waals surface area contributed by atoms with E-state index in [1.807, 2.05) is 30.3 Å². The molecule has 2 atom stereocenters. The Morgan fingerprint density at radius 1 is 0.821 bits per heavy atom. The number of ether oxygens (including phenoxy) is 1. The molecule has 0 saturated carbocycles. The van der Waals surface area contributed by atoms with Crippen LogP contribution in [0, 0.1) is 0 Å². The number of esters is 1. The van der Waals surface area contributed by atoms with Gasteiger partial charge in [-0.2, -0.15) is 0 Å². The van der Waals surface area contributed by atoms with Gasteiger partial charge in [0.2, 0.25) is 0 Å².